The lowest BCUT2D eigenvalue weighted by Gasteiger charge is -2.23. The van der Waals surface area contributed by atoms with Gasteiger partial charge in [-0.3, -0.25) is 0 Å². The van der Waals surface area contributed by atoms with Crippen LogP contribution in [0.4, 0.5) is 0 Å². The summed E-state index contributed by atoms with van der Waals surface area (Å²) in [6.07, 6.45) is 2.20. The van der Waals surface area contributed by atoms with Crippen LogP contribution in [-0.4, -0.2) is 39.5 Å². The molecule has 18 heavy (non-hydrogen) atoms. The topological polar surface area (TPSA) is 22.9 Å². The number of morpholine rings is 1. The molecule has 1 aliphatic rings. The molecule has 3 heteroatoms. The molecule has 0 radical (unpaired) electrons. The summed E-state index contributed by atoms with van der Waals surface area (Å²) in [6.45, 7) is 8.28. The normalized spacial score (nSPS) is 16.7. The van der Waals surface area contributed by atoms with Crippen LogP contribution in [-0.2, 0) is 11.2 Å². The maximum atomic E-state index is 5.75. The highest BCUT2D eigenvalue weighted by Crippen LogP contribution is 2.12. The smallest absolute Gasteiger partial charge is 0.119 e. The Morgan fingerprint density at radius 3 is 2.56 bits per heavy atom. The molecule has 1 aromatic carbocycles. The van der Waals surface area contributed by atoms with Gasteiger partial charge in [0.15, 0.2) is 0 Å². The summed E-state index contributed by atoms with van der Waals surface area (Å²) in [4.78, 5) is 1.64. The molecule has 0 unspecified atom stereocenters. The lowest BCUT2D eigenvalue weighted by Crippen LogP contribution is -3.14. The van der Waals surface area contributed by atoms with Crippen LogP contribution in [0.15, 0.2) is 24.3 Å². The number of nitrogens with one attached hydrogen (secondary N) is 1. The van der Waals surface area contributed by atoms with E-state index >= 15 is 0 Å². The molecule has 1 heterocycles. The first kappa shape index (κ1) is 13.4. The molecule has 0 atom stereocenters. The van der Waals surface area contributed by atoms with Crippen LogP contribution in [0.2, 0.25) is 0 Å². The summed E-state index contributed by atoms with van der Waals surface area (Å²) >= 11 is 0. The highest BCUT2D eigenvalue weighted by Gasteiger charge is 2.12. The monoisotopic (exact) mass is 250 g/mol. The molecule has 0 amide bonds. The molecule has 1 aromatic rings. The fourth-order valence-electron chi connectivity index (χ4n) is 2.24. The molecule has 0 spiro atoms. The Hall–Kier alpha value is -1.06. The maximum Gasteiger partial charge on any atom is 0.119 e. The fourth-order valence-corrected chi connectivity index (χ4v) is 2.24. The molecule has 0 aliphatic carbocycles. The number of hydrogen-bond acceptors (Lipinski definition) is 2. The van der Waals surface area contributed by atoms with Gasteiger partial charge in [-0.25, -0.2) is 0 Å². The van der Waals surface area contributed by atoms with Crippen LogP contribution in [0.1, 0.15) is 18.9 Å². The van der Waals surface area contributed by atoms with E-state index in [4.69, 9.17) is 9.47 Å². The SMILES string of the molecule is CCc1ccc(OCCC[NH+]2CCOCC2)cc1. The molecule has 100 valence electrons. The van der Waals surface area contributed by atoms with E-state index in [1.165, 1.54) is 12.1 Å². The van der Waals surface area contributed by atoms with E-state index in [-0.39, 0.29) is 0 Å². The number of rotatable bonds is 6. The highest BCUT2D eigenvalue weighted by atomic mass is 16.5. The largest absolute Gasteiger partial charge is 0.493 e. The van der Waals surface area contributed by atoms with Crippen molar-refractivity contribution in [3.8, 4) is 5.75 Å². The van der Waals surface area contributed by atoms with Crippen molar-refractivity contribution in [2.75, 3.05) is 39.5 Å². The van der Waals surface area contributed by atoms with Gasteiger partial charge in [0.25, 0.3) is 0 Å². The minimum Gasteiger partial charge on any atom is -0.493 e. The van der Waals surface area contributed by atoms with Gasteiger partial charge in [-0.1, -0.05) is 19.1 Å². The van der Waals surface area contributed by atoms with Crippen molar-refractivity contribution in [2.45, 2.75) is 19.8 Å². The van der Waals surface area contributed by atoms with E-state index in [0.29, 0.717) is 0 Å². The fraction of sp³-hybridized carbons (Fsp3) is 0.600. The van der Waals surface area contributed by atoms with E-state index in [1.807, 2.05) is 0 Å². The van der Waals surface area contributed by atoms with Crippen LogP contribution in [0.3, 0.4) is 0 Å². The number of quaternary nitrogens is 1. The third kappa shape index (κ3) is 4.31. The molecule has 1 N–H and O–H groups in total. The van der Waals surface area contributed by atoms with Gasteiger partial charge in [0.2, 0.25) is 0 Å². The van der Waals surface area contributed by atoms with Gasteiger partial charge in [0.1, 0.15) is 18.8 Å². The van der Waals surface area contributed by atoms with E-state index in [9.17, 15) is 0 Å². The van der Waals surface area contributed by atoms with E-state index in [1.54, 1.807) is 4.90 Å². The van der Waals surface area contributed by atoms with Gasteiger partial charge in [-0.15, -0.1) is 0 Å². The summed E-state index contributed by atoms with van der Waals surface area (Å²) in [6, 6.07) is 8.42. The van der Waals surface area contributed by atoms with Crippen molar-refractivity contribution < 1.29 is 14.4 Å². The number of hydrogen-bond donors (Lipinski definition) is 1. The van der Waals surface area contributed by atoms with Crippen LogP contribution >= 0.6 is 0 Å². The Balaban J connectivity index is 1.62. The van der Waals surface area contributed by atoms with Crippen LogP contribution < -0.4 is 9.64 Å². The third-order valence-corrected chi connectivity index (χ3v) is 3.47. The zero-order valence-corrected chi connectivity index (χ0v) is 11.3. The molecular formula is C15H24NO2+. The Morgan fingerprint density at radius 2 is 1.89 bits per heavy atom. The van der Waals surface area contributed by atoms with E-state index < -0.39 is 0 Å². The summed E-state index contributed by atoms with van der Waals surface area (Å²) in [5.74, 6) is 0.990. The number of aryl methyl sites for hydroxylation is 1. The van der Waals surface area contributed by atoms with Crippen molar-refractivity contribution >= 4 is 0 Å². The van der Waals surface area contributed by atoms with Gasteiger partial charge in [-0.05, 0) is 24.1 Å². The molecule has 0 saturated carbocycles. The lowest BCUT2D eigenvalue weighted by atomic mass is 10.2. The number of benzene rings is 1. The summed E-state index contributed by atoms with van der Waals surface area (Å²) in [7, 11) is 0. The second-order valence-corrected chi connectivity index (χ2v) is 4.81. The van der Waals surface area contributed by atoms with Crippen molar-refractivity contribution in [1.29, 1.82) is 0 Å². The number of ether oxygens (including phenoxy) is 2. The molecule has 1 fully saturated rings. The van der Waals surface area contributed by atoms with Gasteiger partial charge in [0, 0.05) is 6.42 Å². The molecule has 1 aliphatic heterocycles. The summed E-state index contributed by atoms with van der Waals surface area (Å²) in [5.41, 5.74) is 1.36. The molecule has 1 saturated heterocycles. The first-order valence-electron chi connectivity index (χ1n) is 7.01. The van der Waals surface area contributed by atoms with Gasteiger partial charge >= 0.3 is 0 Å². The predicted octanol–water partition coefficient (Wildman–Crippen LogP) is 0.933. The average Bonchev–Trinajstić information content (AvgIpc) is 2.45. The van der Waals surface area contributed by atoms with E-state index in [0.717, 1.165) is 51.5 Å². The van der Waals surface area contributed by atoms with Crippen molar-refractivity contribution in [3.63, 3.8) is 0 Å². The first-order chi connectivity index (χ1) is 8.88. The van der Waals surface area contributed by atoms with Gasteiger partial charge in [0.05, 0.1) is 26.4 Å². The second kappa shape index (κ2) is 7.39. The Labute approximate surface area is 110 Å². The molecule has 0 aromatic heterocycles. The van der Waals surface area contributed by atoms with Gasteiger partial charge < -0.3 is 14.4 Å². The standard InChI is InChI=1S/C15H23NO2/c1-2-14-4-6-15(7-5-14)18-11-3-8-16-9-12-17-13-10-16/h4-7H,2-3,8-13H2,1H3/p+1. The molecule has 0 bridgehead atoms. The average molecular weight is 250 g/mol. The quantitative estimate of drug-likeness (QED) is 0.759. The Bertz CT molecular complexity index is 331. The van der Waals surface area contributed by atoms with Crippen molar-refractivity contribution in [3.05, 3.63) is 29.8 Å². The lowest BCUT2D eigenvalue weighted by molar-refractivity contribution is -0.908. The van der Waals surface area contributed by atoms with Crippen LogP contribution in [0, 0.1) is 0 Å². The second-order valence-electron chi connectivity index (χ2n) is 4.81. The van der Waals surface area contributed by atoms with Crippen molar-refractivity contribution in [1.82, 2.24) is 0 Å². The van der Waals surface area contributed by atoms with Crippen LogP contribution in [0.25, 0.3) is 0 Å². The minimum atomic E-state index is 0.815. The summed E-state index contributed by atoms with van der Waals surface area (Å²) in [5, 5.41) is 0. The highest BCUT2D eigenvalue weighted by molar-refractivity contribution is 5.27. The first-order valence-corrected chi connectivity index (χ1v) is 7.01. The zero-order valence-electron chi connectivity index (χ0n) is 11.3. The predicted molar refractivity (Wildman–Crippen MR) is 72.3 cm³/mol. The molecule has 2 rings (SSSR count). The Kier molecular flexibility index (Phi) is 5.49. The summed E-state index contributed by atoms with van der Waals surface area (Å²) < 4.78 is 11.1. The maximum absolute atomic E-state index is 5.75. The van der Waals surface area contributed by atoms with Crippen molar-refractivity contribution in [2.24, 2.45) is 0 Å². The molecular weight excluding hydrogens is 226 g/mol. The van der Waals surface area contributed by atoms with Gasteiger partial charge in [-0.2, -0.15) is 0 Å². The third-order valence-electron chi connectivity index (χ3n) is 3.47. The van der Waals surface area contributed by atoms with E-state index in [2.05, 4.69) is 31.2 Å². The molecule has 3 nitrogen and oxygen atoms in total. The zero-order chi connectivity index (χ0) is 12.6. The minimum absolute atomic E-state index is 0.815. The van der Waals surface area contributed by atoms with Crippen LogP contribution in [0.5, 0.6) is 5.75 Å². The Morgan fingerprint density at radius 1 is 1.17 bits per heavy atom.